The number of carbonyl (C=O) groups is 1. The molecule has 0 atom stereocenters. The van der Waals surface area contributed by atoms with Crippen molar-refractivity contribution in [1.29, 1.82) is 0 Å². The summed E-state index contributed by atoms with van der Waals surface area (Å²) in [6.45, 7) is -0.174. The standard InChI is InChI=1S/C14H13NO4/c16-9-8-15-12(10-4-2-1-3-5-10)7-6-11(13(15)17)14(18)19/h1-7,16H,8-9H2,(H,18,19). The Morgan fingerprint density at radius 1 is 1.11 bits per heavy atom. The summed E-state index contributed by atoms with van der Waals surface area (Å²) in [4.78, 5) is 23.0. The molecule has 1 aromatic carbocycles. The number of hydrogen-bond acceptors (Lipinski definition) is 3. The lowest BCUT2D eigenvalue weighted by Gasteiger charge is -2.12. The van der Waals surface area contributed by atoms with Crippen LogP contribution in [0.25, 0.3) is 11.3 Å². The van der Waals surface area contributed by atoms with Gasteiger partial charge in [0.1, 0.15) is 5.56 Å². The predicted molar refractivity (Wildman–Crippen MR) is 70.2 cm³/mol. The number of rotatable bonds is 4. The second-order valence-corrected chi connectivity index (χ2v) is 3.98. The molecular weight excluding hydrogens is 246 g/mol. The number of pyridine rings is 1. The first-order chi connectivity index (χ1) is 9.15. The van der Waals surface area contributed by atoms with E-state index < -0.39 is 11.5 Å². The van der Waals surface area contributed by atoms with Gasteiger partial charge in [-0.2, -0.15) is 0 Å². The molecule has 0 saturated heterocycles. The van der Waals surface area contributed by atoms with E-state index in [0.29, 0.717) is 5.69 Å². The zero-order valence-corrected chi connectivity index (χ0v) is 10.1. The maximum absolute atomic E-state index is 12.1. The molecule has 0 aliphatic rings. The Hall–Kier alpha value is -2.40. The molecule has 1 heterocycles. The molecule has 0 bridgehead atoms. The van der Waals surface area contributed by atoms with Crippen LogP contribution >= 0.6 is 0 Å². The van der Waals surface area contributed by atoms with Crippen molar-refractivity contribution < 1.29 is 15.0 Å². The minimum atomic E-state index is -1.27. The average molecular weight is 259 g/mol. The van der Waals surface area contributed by atoms with Crippen molar-refractivity contribution >= 4 is 5.97 Å². The highest BCUT2D eigenvalue weighted by Crippen LogP contribution is 2.17. The first-order valence-electron chi connectivity index (χ1n) is 5.78. The topological polar surface area (TPSA) is 79.5 Å². The molecule has 0 aliphatic heterocycles. The van der Waals surface area contributed by atoms with Crippen molar-refractivity contribution in [2.24, 2.45) is 0 Å². The van der Waals surface area contributed by atoms with Crippen LogP contribution in [0.4, 0.5) is 0 Å². The normalized spacial score (nSPS) is 10.4. The zero-order chi connectivity index (χ0) is 13.8. The smallest absolute Gasteiger partial charge is 0.341 e. The van der Waals surface area contributed by atoms with Gasteiger partial charge in [0, 0.05) is 6.54 Å². The Labute approximate surface area is 109 Å². The second-order valence-electron chi connectivity index (χ2n) is 3.98. The average Bonchev–Trinajstić information content (AvgIpc) is 2.41. The fraction of sp³-hybridized carbons (Fsp3) is 0.143. The van der Waals surface area contributed by atoms with E-state index in [1.165, 1.54) is 10.6 Å². The minimum Gasteiger partial charge on any atom is -0.477 e. The summed E-state index contributed by atoms with van der Waals surface area (Å²) in [5.74, 6) is -1.27. The van der Waals surface area contributed by atoms with Gasteiger partial charge in [-0.3, -0.25) is 4.79 Å². The lowest BCUT2D eigenvalue weighted by atomic mass is 10.1. The molecule has 0 spiro atoms. The predicted octanol–water partition coefficient (Wildman–Crippen LogP) is 1.21. The van der Waals surface area contributed by atoms with Crippen molar-refractivity contribution in [1.82, 2.24) is 4.57 Å². The van der Waals surface area contributed by atoms with E-state index in [1.54, 1.807) is 6.07 Å². The van der Waals surface area contributed by atoms with Crippen molar-refractivity contribution in [3.8, 4) is 11.3 Å². The number of carboxylic acids is 1. The summed E-state index contributed by atoms with van der Waals surface area (Å²) in [5, 5.41) is 18.0. The minimum absolute atomic E-state index is 0.0597. The number of carboxylic acid groups (broad SMARTS) is 1. The van der Waals surface area contributed by atoms with Gasteiger partial charge in [0.2, 0.25) is 0 Å². The summed E-state index contributed by atoms with van der Waals surface area (Å²) < 4.78 is 1.28. The van der Waals surface area contributed by atoms with Gasteiger partial charge in [-0.25, -0.2) is 4.79 Å². The summed E-state index contributed by atoms with van der Waals surface area (Å²) in [6.07, 6.45) is 0. The molecular formula is C14H13NO4. The number of nitrogens with zero attached hydrogens (tertiary/aromatic N) is 1. The summed E-state index contributed by atoms with van der Waals surface area (Å²) in [5.41, 5.74) is 0.477. The third-order valence-corrected chi connectivity index (χ3v) is 2.80. The Balaban J connectivity index is 2.66. The van der Waals surface area contributed by atoms with Crippen LogP contribution in [0.3, 0.4) is 0 Å². The van der Waals surface area contributed by atoms with Gasteiger partial charge < -0.3 is 14.8 Å². The second kappa shape index (κ2) is 5.49. The van der Waals surface area contributed by atoms with Crippen LogP contribution in [0.5, 0.6) is 0 Å². The van der Waals surface area contributed by atoms with Crippen LogP contribution in [-0.4, -0.2) is 27.4 Å². The summed E-state index contributed by atoms with van der Waals surface area (Å²) in [6, 6.07) is 12.0. The Kier molecular flexibility index (Phi) is 3.77. The van der Waals surface area contributed by atoms with Gasteiger partial charge in [-0.05, 0) is 17.7 Å². The molecule has 0 amide bonds. The first kappa shape index (κ1) is 13.0. The van der Waals surface area contributed by atoms with E-state index in [-0.39, 0.29) is 18.7 Å². The van der Waals surface area contributed by atoms with E-state index in [9.17, 15) is 9.59 Å². The molecule has 5 nitrogen and oxygen atoms in total. The van der Waals surface area contributed by atoms with Gasteiger partial charge in [-0.1, -0.05) is 30.3 Å². The molecule has 98 valence electrons. The van der Waals surface area contributed by atoms with Crippen LogP contribution < -0.4 is 5.56 Å². The van der Waals surface area contributed by atoms with Gasteiger partial charge in [0.05, 0.1) is 12.3 Å². The zero-order valence-electron chi connectivity index (χ0n) is 10.1. The Bertz CT molecular complexity index is 646. The van der Waals surface area contributed by atoms with Crippen molar-refractivity contribution in [3.05, 3.63) is 58.4 Å². The number of aromatic carboxylic acids is 1. The van der Waals surface area contributed by atoms with E-state index >= 15 is 0 Å². The van der Waals surface area contributed by atoms with Crippen molar-refractivity contribution in [3.63, 3.8) is 0 Å². The molecule has 0 saturated carbocycles. The molecule has 19 heavy (non-hydrogen) atoms. The SMILES string of the molecule is O=C(O)c1ccc(-c2ccccc2)n(CCO)c1=O. The Morgan fingerprint density at radius 3 is 2.37 bits per heavy atom. The highest BCUT2D eigenvalue weighted by molar-refractivity contribution is 5.87. The number of aliphatic hydroxyl groups is 1. The van der Waals surface area contributed by atoms with Crippen LogP contribution in [0.15, 0.2) is 47.3 Å². The van der Waals surface area contributed by atoms with Crippen molar-refractivity contribution in [2.45, 2.75) is 6.54 Å². The van der Waals surface area contributed by atoms with Crippen LogP contribution in [0.2, 0.25) is 0 Å². The molecule has 0 radical (unpaired) electrons. The molecule has 0 aliphatic carbocycles. The Morgan fingerprint density at radius 2 is 1.79 bits per heavy atom. The molecule has 2 rings (SSSR count). The van der Waals surface area contributed by atoms with Gasteiger partial charge >= 0.3 is 5.97 Å². The lowest BCUT2D eigenvalue weighted by Crippen LogP contribution is -2.28. The van der Waals surface area contributed by atoms with Crippen LogP contribution in [0.1, 0.15) is 10.4 Å². The van der Waals surface area contributed by atoms with E-state index in [0.717, 1.165) is 5.56 Å². The maximum atomic E-state index is 12.1. The first-order valence-corrected chi connectivity index (χ1v) is 5.78. The third-order valence-electron chi connectivity index (χ3n) is 2.80. The number of benzene rings is 1. The summed E-state index contributed by atoms with van der Waals surface area (Å²) >= 11 is 0. The number of aliphatic hydroxyl groups excluding tert-OH is 1. The summed E-state index contributed by atoms with van der Waals surface area (Å²) in [7, 11) is 0. The van der Waals surface area contributed by atoms with Gasteiger partial charge in [0.25, 0.3) is 5.56 Å². The van der Waals surface area contributed by atoms with Crippen LogP contribution in [-0.2, 0) is 6.54 Å². The van der Waals surface area contributed by atoms with E-state index in [1.807, 2.05) is 30.3 Å². The molecule has 0 fully saturated rings. The van der Waals surface area contributed by atoms with Crippen LogP contribution in [0, 0.1) is 0 Å². The molecule has 1 aromatic heterocycles. The fourth-order valence-electron chi connectivity index (χ4n) is 1.92. The third kappa shape index (κ3) is 2.56. The molecule has 2 N–H and O–H groups in total. The number of hydrogen-bond donors (Lipinski definition) is 2. The highest BCUT2D eigenvalue weighted by atomic mass is 16.4. The van der Waals surface area contributed by atoms with E-state index in [4.69, 9.17) is 10.2 Å². The van der Waals surface area contributed by atoms with Gasteiger partial charge in [0.15, 0.2) is 0 Å². The lowest BCUT2D eigenvalue weighted by molar-refractivity contribution is 0.0694. The van der Waals surface area contributed by atoms with E-state index in [2.05, 4.69) is 0 Å². The molecule has 5 heteroatoms. The highest BCUT2D eigenvalue weighted by Gasteiger charge is 2.14. The molecule has 0 unspecified atom stereocenters. The monoisotopic (exact) mass is 259 g/mol. The fourth-order valence-corrected chi connectivity index (χ4v) is 1.92. The van der Waals surface area contributed by atoms with Gasteiger partial charge in [-0.15, -0.1) is 0 Å². The van der Waals surface area contributed by atoms with Crippen molar-refractivity contribution in [2.75, 3.05) is 6.61 Å². The largest absolute Gasteiger partial charge is 0.477 e. The maximum Gasteiger partial charge on any atom is 0.341 e. The molecule has 2 aromatic rings. The number of aromatic nitrogens is 1. The quantitative estimate of drug-likeness (QED) is 0.864.